The number of fused-ring (bicyclic) bond motifs is 1. The molecule has 1 saturated heterocycles. The van der Waals surface area contributed by atoms with Gasteiger partial charge in [-0.25, -0.2) is 15.0 Å². The van der Waals surface area contributed by atoms with Gasteiger partial charge < -0.3 is 15.2 Å². The summed E-state index contributed by atoms with van der Waals surface area (Å²) in [7, 11) is 0. The van der Waals surface area contributed by atoms with Crippen LogP contribution in [-0.2, 0) is 6.54 Å². The quantitative estimate of drug-likeness (QED) is 0.775. The van der Waals surface area contributed by atoms with E-state index in [4.69, 9.17) is 0 Å². The number of hydrogen-bond donors (Lipinski definition) is 2. The van der Waals surface area contributed by atoms with Crippen molar-refractivity contribution in [3.63, 3.8) is 0 Å². The number of nitrogens with zero attached hydrogens (tertiary/aromatic N) is 4. The van der Waals surface area contributed by atoms with Gasteiger partial charge in [0.25, 0.3) is 0 Å². The van der Waals surface area contributed by atoms with E-state index in [0.717, 1.165) is 31.0 Å². The van der Waals surface area contributed by atoms with Crippen LogP contribution < -0.4 is 10.2 Å². The maximum absolute atomic E-state index is 4.33. The van der Waals surface area contributed by atoms with E-state index in [9.17, 15) is 0 Å². The summed E-state index contributed by atoms with van der Waals surface area (Å²) in [5.74, 6) is 0.793. The Morgan fingerprint density at radius 1 is 1.04 bits per heavy atom. The van der Waals surface area contributed by atoms with Crippen LogP contribution in [0.2, 0.25) is 0 Å². The van der Waals surface area contributed by atoms with Crippen LogP contribution in [0.3, 0.4) is 0 Å². The van der Waals surface area contributed by atoms with E-state index in [1.54, 1.807) is 12.7 Å². The Labute approximate surface area is 135 Å². The molecule has 0 atom stereocenters. The Hall–Kier alpha value is -2.63. The highest BCUT2D eigenvalue weighted by Gasteiger charge is 2.14. The fourth-order valence-corrected chi connectivity index (χ4v) is 3.18. The maximum Gasteiger partial charge on any atom is 0.182 e. The summed E-state index contributed by atoms with van der Waals surface area (Å²) >= 11 is 0. The Balaban J connectivity index is 1.56. The van der Waals surface area contributed by atoms with E-state index in [2.05, 4.69) is 54.4 Å². The van der Waals surface area contributed by atoms with Gasteiger partial charge in [0.2, 0.25) is 0 Å². The standard InChI is InChI=1S/C17H20N6/c1-4-8-23(9-5-1)14-7-3-2-6-13(14)10-18-16-15-17(20-11-19-15)22-12-21-16/h2-3,6-7,11-12H,1,4-5,8-10H2,(H2,18,19,20,21,22). The van der Waals surface area contributed by atoms with Crippen molar-refractivity contribution in [2.45, 2.75) is 25.8 Å². The molecule has 0 saturated carbocycles. The van der Waals surface area contributed by atoms with Crippen molar-refractivity contribution in [3.8, 4) is 0 Å². The molecule has 118 valence electrons. The molecule has 0 unspecified atom stereocenters. The third kappa shape index (κ3) is 2.84. The number of rotatable bonds is 4. The topological polar surface area (TPSA) is 69.7 Å². The van der Waals surface area contributed by atoms with E-state index >= 15 is 0 Å². The number of hydrogen-bond acceptors (Lipinski definition) is 5. The van der Waals surface area contributed by atoms with E-state index < -0.39 is 0 Å². The van der Waals surface area contributed by atoms with Crippen LogP contribution >= 0.6 is 0 Å². The smallest absolute Gasteiger partial charge is 0.182 e. The average Bonchev–Trinajstić information content (AvgIpc) is 3.10. The second-order valence-electron chi connectivity index (χ2n) is 5.85. The SMILES string of the molecule is c1ccc(N2CCCCC2)c(CNc2ncnc3nc[nH]c23)c1. The molecule has 6 nitrogen and oxygen atoms in total. The van der Waals surface area contributed by atoms with Crippen molar-refractivity contribution in [2.75, 3.05) is 23.3 Å². The fourth-order valence-electron chi connectivity index (χ4n) is 3.18. The predicted octanol–water partition coefficient (Wildman–Crippen LogP) is 2.96. The highest BCUT2D eigenvalue weighted by Crippen LogP contribution is 2.25. The molecule has 3 aromatic rings. The first-order valence-corrected chi connectivity index (χ1v) is 8.12. The molecular formula is C17H20N6. The van der Waals surface area contributed by atoms with Gasteiger partial charge in [-0.15, -0.1) is 0 Å². The molecule has 1 aromatic carbocycles. The van der Waals surface area contributed by atoms with Gasteiger partial charge in [0, 0.05) is 25.3 Å². The van der Waals surface area contributed by atoms with E-state index in [1.165, 1.54) is 30.5 Å². The van der Waals surface area contributed by atoms with Gasteiger partial charge in [0.05, 0.1) is 6.33 Å². The number of para-hydroxylation sites is 1. The molecule has 0 radical (unpaired) electrons. The molecule has 4 rings (SSSR count). The molecule has 3 heterocycles. The summed E-state index contributed by atoms with van der Waals surface area (Å²) < 4.78 is 0. The maximum atomic E-state index is 4.33. The van der Waals surface area contributed by atoms with Crippen LogP contribution in [0.5, 0.6) is 0 Å². The third-order valence-corrected chi connectivity index (χ3v) is 4.36. The molecule has 1 aliphatic heterocycles. The highest BCUT2D eigenvalue weighted by molar-refractivity contribution is 5.82. The zero-order valence-corrected chi connectivity index (χ0v) is 13.0. The molecule has 2 N–H and O–H groups in total. The number of anilines is 2. The van der Waals surface area contributed by atoms with Gasteiger partial charge >= 0.3 is 0 Å². The van der Waals surface area contributed by atoms with Gasteiger partial charge in [-0.05, 0) is 30.9 Å². The minimum absolute atomic E-state index is 0.687. The van der Waals surface area contributed by atoms with Gasteiger partial charge in [-0.1, -0.05) is 18.2 Å². The molecule has 0 spiro atoms. The van der Waals surface area contributed by atoms with Crippen LogP contribution in [0.15, 0.2) is 36.9 Å². The summed E-state index contributed by atoms with van der Waals surface area (Å²) in [6, 6.07) is 8.61. The zero-order chi connectivity index (χ0) is 15.5. The van der Waals surface area contributed by atoms with Crippen molar-refractivity contribution in [1.29, 1.82) is 0 Å². The summed E-state index contributed by atoms with van der Waals surface area (Å²) in [6.07, 6.45) is 7.09. The summed E-state index contributed by atoms with van der Waals surface area (Å²) in [5, 5.41) is 3.42. The third-order valence-electron chi connectivity index (χ3n) is 4.36. The Bertz CT molecular complexity index is 790. The fraction of sp³-hybridized carbons (Fsp3) is 0.353. The number of imidazole rings is 1. The van der Waals surface area contributed by atoms with Crippen LogP contribution in [-0.4, -0.2) is 33.0 Å². The number of H-pyrrole nitrogens is 1. The first-order valence-electron chi connectivity index (χ1n) is 8.12. The molecule has 6 heteroatoms. The van der Waals surface area contributed by atoms with Gasteiger partial charge in [-0.2, -0.15) is 0 Å². The number of benzene rings is 1. The minimum atomic E-state index is 0.687. The summed E-state index contributed by atoms with van der Waals surface area (Å²) in [5.41, 5.74) is 4.16. The monoisotopic (exact) mass is 308 g/mol. The molecule has 2 aromatic heterocycles. The average molecular weight is 308 g/mol. The number of nitrogens with one attached hydrogen (secondary N) is 2. The lowest BCUT2D eigenvalue weighted by Gasteiger charge is -2.30. The van der Waals surface area contributed by atoms with Crippen molar-refractivity contribution in [1.82, 2.24) is 19.9 Å². The van der Waals surface area contributed by atoms with Crippen molar-refractivity contribution >= 4 is 22.7 Å². The van der Waals surface area contributed by atoms with E-state index in [-0.39, 0.29) is 0 Å². The second-order valence-corrected chi connectivity index (χ2v) is 5.85. The number of piperidine rings is 1. The van der Waals surface area contributed by atoms with Gasteiger partial charge in [0.1, 0.15) is 11.8 Å². The van der Waals surface area contributed by atoms with Crippen LogP contribution in [0.1, 0.15) is 24.8 Å². The highest BCUT2D eigenvalue weighted by atomic mass is 15.1. The predicted molar refractivity (Wildman–Crippen MR) is 91.5 cm³/mol. The lowest BCUT2D eigenvalue weighted by Crippen LogP contribution is -2.30. The first-order chi connectivity index (χ1) is 11.4. The molecule has 0 amide bonds. The first kappa shape index (κ1) is 14.0. The second kappa shape index (κ2) is 6.24. The molecule has 1 aliphatic rings. The van der Waals surface area contributed by atoms with Crippen molar-refractivity contribution in [2.24, 2.45) is 0 Å². The van der Waals surface area contributed by atoms with E-state index in [1.807, 2.05) is 0 Å². The Morgan fingerprint density at radius 3 is 2.83 bits per heavy atom. The lowest BCUT2D eigenvalue weighted by atomic mass is 10.1. The summed E-state index contributed by atoms with van der Waals surface area (Å²) in [6.45, 7) is 3.03. The number of aromatic amines is 1. The molecule has 23 heavy (non-hydrogen) atoms. The van der Waals surface area contributed by atoms with Crippen LogP contribution in [0.25, 0.3) is 11.2 Å². The van der Waals surface area contributed by atoms with Crippen LogP contribution in [0, 0.1) is 0 Å². The minimum Gasteiger partial charge on any atom is -0.371 e. The zero-order valence-electron chi connectivity index (χ0n) is 13.0. The normalized spacial score (nSPS) is 15.0. The van der Waals surface area contributed by atoms with E-state index in [0.29, 0.717) is 5.65 Å². The van der Waals surface area contributed by atoms with Gasteiger partial charge in [-0.3, -0.25) is 0 Å². The van der Waals surface area contributed by atoms with Crippen molar-refractivity contribution in [3.05, 3.63) is 42.5 Å². The van der Waals surface area contributed by atoms with Gasteiger partial charge in [0.15, 0.2) is 11.5 Å². The molecule has 0 bridgehead atoms. The molecule has 1 fully saturated rings. The largest absolute Gasteiger partial charge is 0.371 e. The molecule has 0 aliphatic carbocycles. The molecular weight excluding hydrogens is 288 g/mol. The van der Waals surface area contributed by atoms with Crippen LogP contribution in [0.4, 0.5) is 11.5 Å². The number of aromatic nitrogens is 4. The van der Waals surface area contributed by atoms with Crippen molar-refractivity contribution < 1.29 is 0 Å². The Kier molecular flexibility index (Phi) is 3.80. The Morgan fingerprint density at radius 2 is 1.91 bits per heavy atom. The summed E-state index contributed by atoms with van der Waals surface area (Å²) in [4.78, 5) is 18.2. The lowest BCUT2D eigenvalue weighted by molar-refractivity contribution is 0.576.